The topological polar surface area (TPSA) is 35.5 Å². The second-order valence-corrected chi connectivity index (χ2v) is 5.35. The number of benzene rings is 2. The van der Waals surface area contributed by atoms with Crippen molar-refractivity contribution in [3.05, 3.63) is 59.7 Å². The maximum Gasteiger partial charge on any atom is 0.153 e. The van der Waals surface area contributed by atoms with Crippen LogP contribution in [0, 0.1) is 5.92 Å². The molecule has 21 heavy (non-hydrogen) atoms. The molecule has 1 aliphatic rings. The van der Waals surface area contributed by atoms with E-state index in [1.165, 1.54) is 12.8 Å². The SMILES string of the molecule is O=Cc1ccc(OCC2CC2)cc1OCc1ccccc1. The normalized spacial score (nSPS) is 13.7. The van der Waals surface area contributed by atoms with Gasteiger partial charge < -0.3 is 9.47 Å². The van der Waals surface area contributed by atoms with Gasteiger partial charge >= 0.3 is 0 Å². The Morgan fingerprint density at radius 2 is 1.86 bits per heavy atom. The van der Waals surface area contributed by atoms with E-state index in [-0.39, 0.29) is 0 Å². The molecule has 0 aromatic heterocycles. The minimum atomic E-state index is 0.438. The Bertz CT molecular complexity index is 603. The number of hydrogen-bond acceptors (Lipinski definition) is 3. The van der Waals surface area contributed by atoms with E-state index in [9.17, 15) is 4.79 Å². The van der Waals surface area contributed by atoms with Crippen molar-refractivity contribution < 1.29 is 14.3 Å². The lowest BCUT2D eigenvalue weighted by Gasteiger charge is -2.11. The zero-order chi connectivity index (χ0) is 14.5. The molecule has 3 nitrogen and oxygen atoms in total. The summed E-state index contributed by atoms with van der Waals surface area (Å²) in [5.74, 6) is 2.03. The third kappa shape index (κ3) is 3.85. The van der Waals surface area contributed by atoms with Gasteiger partial charge in [0.25, 0.3) is 0 Å². The van der Waals surface area contributed by atoms with E-state index in [1.807, 2.05) is 36.4 Å². The Morgan fingerprint density at radius 1 is 1.05 bits per heavy atom. The van der Waals surface area contributed by atoms with Crippen LogP contribution in [-0.4, -0.2) is 12.9 Å². The Balaban J connectivity index is 1.68. The second-order valence-electron chi connectivity index (χ2n) is 5.35. The van der Waals surface area contributed by atoms with Crippen LogP contribution in [0.25, 0.3) is 0 Å². The first-order valence-electron chi connectivity index (χ1n) is 7.24. The highest BCUT2D eigenvalue weighted by Gasteiger charge is 2.22. The van der Waals surface area contributed by atoms with Crippen LogP contribution in [-0.2, 0) is 6.61 Å². The number of ether oxygens (including phenoxy) is 2. The number of rotatable bonds is 7. The van der Waals surface area contributed by atoms with Gasteiger partial charge in [0.1, 0.15) is 18.1 Å². The number of hydrogen-bond donors (Lipinski definition) is 0. The van der Waals surface area contributed by atoms with Gasteiger partial charge in [-0.15, -0.1) is 0 Å². The maximum atomic E-state index is 11.1. The Labute approximate surface area is 124 Å². The van der Waals surface area contributed by atoms with Gasteiger partial charge in [-0.3, -0.25) is 4.79 Å². The molecule has 1 aliphatic carbocycles. The molecule has 0 radical (unpaired) electrons. The van der Waals surface area contributed by atoms with E-state index >= 15 is 0 Å². The highest BCUT2D eigenvalue weighted by molar-refractivity contribution is 5.79. The molecular formula is C18H18O3. The minimum Gasteiger partial charge on any atom is -0.493 e. The standard InChI is InChI=1S/C18H18O3/c19-11-16-8-9-17(20-12-15-6-7-15)10-18(16)21-13-14-4-2-1-3-5-14/h1-5,8-11,15H,6-7,12-13H2. The highest BCUT2D eigenvalue weighted by Crippen LogP contribution is 2.31. The molecule has 0 N–H and O–H groups in total. The summed E-state index contributed by atoms with van der Waals surface area (Å²) >= 11 is 0. The van der Waals surface area contributed by atoms with Crippen LogP contribution in [0.5, 0.6) is 11.5 Å². The van der Waals surface area contributed by atoms with Crippen LogP contribution < -0.4 is 9.47 Å². The third-order valence-electron chi connectivity index (χ3n) is 3.53. The van der Waals surface area contributed by atoms with E-state index < -0.39 is 0 Å². The summed E-state index contributed by atoms with van der Waals surface area (Å²) < 4.78 is 11.5. The first-order chi connectivity index (χ1) is 10.3. The highest BCUT2D eigenvalue weighted by atomic mass is 16.5. The zero-order valence-corrected chi connectivity index (χ0v) is 11.8. The minimum absolute atomic E-state index is 0.438. The molecule has 0 aliphatic heterocycles. The molecule has 3 heteroatoms. The molecule has 0 unspecified atom stereocenters. The zero-order valence-electron chi connectivity index (χ0n) is 11.8. The molecule has 1 fully saturated rings. The van der Waals surface area contributed by atoms with Gasteiger partial charge in [-0.25, -0.2) is 0 Å². The van der Waals surface area contributed by atoms with E-state index in [0.717, 1.165) is 24.2 Å². The average Bonchev–Trinajstić information content (AvgIpc) is 3.36. The van der Waals surface area contributed by atoms with Gasteiger partial charge in [-0.1, -0.05) is 30.3 Å². The van der Waals surface area contributed by atoms with Crippen molar-refractivity contribution in [3.8, 4) is 11.5 Å². The van der Waals surface area contributed by atoms with Gasteiger partial charge in [0, 0.05) is 6.07 Å². The lowest BCUT2D eigenvalue weighted by atomic mass is 10.2. The fourth-order valence-corrected chi connectivity index (χ4v) is 2.06. The molecule has 3 rings (SSSR count). The van der Waals surface area contributed by atoms with Crippen molar-refractivity contribution in [2.45, 2.75) is 19.4 Å². The van der Waals surface area contributed by atoms with Gasteiger partial charge in [0.05, 0.1) is 12.2 Å². The summed E-state index contributed by atoms with van der Waals surface area (Å²) in [5, 5.41) is 0. The fraction of sp³-hybridized carbons (Fsp3) is 0.278. The lowest BCUT2D eigenvalue weighted by molar-refractivity contribution is 0.111. The quantitative estimate of drug-likeness (QED) is 0.723. The molecule has 2 aromatic rings. The molecule has 0 saturated heterocycles. The summed E-state index contributed by atoms with van der Waals surface area (Å²) in [6.45, 7) is 1.19. The molecular weight excluding hydrogens is 264 g/mol. The number of aldehydes is 1. The molecule has 0 atom stereocenters. The Morgan fingerprint density at radius 3 is 2.57 bits per heavy atom. The van der Waals surface area contributed by atoms with Crippen LogP contribution in [0.4, 0.5) is 0 Å². The van der Waals surface area contributed by atoms with Crippen LogP contribution >= 0.6 is 0 Å². The Hall–Kier alpha value is -2.29. The predicted octanol–water partition coefficient (Wildman–Crippen LogP) is 3.87. The summed E-state index contributed by atoms with van der Waals surface area (Å²) in [6.07, 6.45) is 3.32. The van der Waals surface area contributed by atoms with Crippen molar-refractivity contribution in [2.24, 2.45) is 5.92 Å². The van der Waals surface area contributed by atoms with Crippen molar-refractivity contribution in [1.82, 2.24) is 0 Å². The average molecular weight is 282 g/mol. The van der Waals surface area contributed by atoms with E-state index in [4.69, 9.17) is 9.47 Å². The van der Waals surface area contributed by atoms with Gasteiger partial charge in [0.2, 0.25) is 0 Å². The molecule has 0 amide bonds. The van der Waals surface area contributed by atoms with E-state index in [2.05, 4.69) is 0 Å². The first-order valence-corrected chi connectivity index (χ1v) is 7.24. The monoisotopic (exact) mass is 282 g/mol. The van der Waals surface area contributed by atoms with Crippen molar-refractivity contribution >= 4 is 6.29 Å². The summed E-state index contributed by atoms with van der Waals surface area (Å²) in [5.41, 5.74) is 1.61. The van der Waals surface area contributed by atoms with Crippen molar-refractivity contribution in [3.63, 3.8) is 0 Å². The summed E-state index contributed by atoms with van der Waals surface area (Å²) in [6, 6.07) is 15.3. The van der Waals surface area contributed by atoms with E-state index in [1.54, 1.807) is 12.1 Å². The van der Waals surface area contributed by atoms with Gasteiger partial charge in [0.15, 0.2) is 6.29 Å². The van der Waals surface area contributed by atoms with Gasteiger partial charge in [-0.05, 0) is 36.5 Å². The molecule has 1 saturated carbocycles. The predicted molar refractivity (Wildman–Crippen MR) is 80.8 cm³/mol. The van der Waals surface area contributed by atoms with Crippen molar-refractivity contribution in [2.75, 3.05) is 6.61 Å². The smallest absolute Gasteiger partial charge is 0.153 e. The molecule has 0 heterocycles. The first kappa shape index (κ1) is 13.7. The van der Waals surface area contributed by atoms with E-state index in [0.29, 0.717) is 23.8 Å². The molecule has 2 aromatic carbocycles. The molecule has 0 bridgehead atoms. The van der Waals surface area contributed by atoms with Crippen LogP contribution in [0.2, 0.25) is 0 Å². The molecule has 0 spiro atoms. The second kappa shape index (κ2) is 6.44. The summed E-state index contributed by atoms with van der Waals surface area (Å²) in [4.78, 5) is 11.1. The summed E-state index contributed by atoms with van der Waals surface area (Å²) in [7, 11) is 0. The molecule has 108 valence electrons. The fourth-order valence-electron chi connectivity index (χ4n) is 2.06. The van der Waals surface area contributed by atoms with Crippen LogP contribution in [0.1, 0.15) is 28.8 Å². The maximum absolute atomic E-state index is 11.1. The lowest BCUT2D eigenvalue weighted by Crippen LogP contribution is -2.01. The van der Waals surface area contributed by atoms with Crippen LogP contribution in [0.3, 0.4) is 0 Å². The third-order valence-corrected chi connectivity index (χ3v) is 3.53. The number of carbonyl (C=O) groups excluding carboxylic acids is 1. The van der Waals surface area contributed by atoms with Crippen LogP contribution in [0.15, 0.2) is 48.5 Å². The van der Waals surface area contributed by atoms with Crippen molar-refractivity contribution in [1.29, 1.82) is 0 Å². The van der Waals surface area contributed by atoms with Gasteiger partial charge in [-0.2, -0.15) is 0 Å². The Kier molecular flexibility index (Phi) is 4.20. The number of carbonyl (C=O) groups is 1. The largest absolute Gasteiger partial charge is 0.493 e.